The van der Waals surface area contributed by atoms with Crippen molar-refractivity contribution in [1.82, 2.24) is 0 Å². The van der Waals surface area contributed by atoms with Gasteiger partial charge in [-0.25, -0.2) is 38.4 Å². The van der Waals surface area contributed by atoms with E-state index in [1.54, 1.807) is 0 Å². The minimum Gasteiger partial charge on any atom is -0.458 e. The number of carbonyl (C=O) groups is 12. The van der Waals surface area contributed by atoms with Crippen LogP contribution in [0, 0.1) is 71.0 Å². The Kier molecular flexibility index (Phi) is 16.7. The third-order valence-electron chi connectivity index (χ3n) is 19.8. The fraction of sp³-hybridized carbons (Fsp3) is 0.793. The lowest BCUT2D eigenvalue weighted by atomic mass is 9.54. The Morgan fingerprint density at radius 1 is 0.453 bits per heavy atom. The molecule has 14 rings (SSSR count). The van der Waals surface area contributed by atoms with Gasteiger partial charge < -0.3 is 56.8 Å². The lowest BCUT2D eigenvalue weighted by Gasteiger charge is -2.55. The second-order valence-electron chi connectivity index (χ2n) is 26.4. The molecule has 0 aromatic carbocycles. The van der Waals surface area contributed by atoms with Gasteiger partial charge in [0.1, 0.15) is 35.6 Å². The molecule has 0 spiro atoms. The molecule has 28 heteroatoms. The van der Waals surface area contributed by atoms with E-state index in [4.69, 9.17) is 47.4 Å². The average Bonchev–Trinajstić information content (AvgIpc) is 1.46. The Morgan fingerprint density at radius 2 is 0.767 bits per heavy atom. The highest BCUT2D eigenvalue weighted by Crippen LogP contribution is 2.60. The van der Waals surface area contributed by atoms with Crippen molar-refractivity contribution in [3.05, 3.63) is 0 Å². The number of carbonyl (C=O) groups excluding carboxylic acids is 12. The summed E-state index contributed by atoms with van der Waals surface area (Å²) in [4.78, 5) is 147. The van der Waals surface area contributed by atoms with E-state index in [0.717, 1.165) is 77.0 Å². The summed E-state index contributed by atoms with van der Waals surface area (Å²) in [5.41, 5.74) is -1.12. The van der Waals surface area contributed by atoms with Crippen molar-refractivity contribution in [1.29, 1.82) is 0 Å². The van der Waals surface area contributed by atoms with Gasteiger partial charge in [-0.2, -0.15) is 17.6 Å². The molecule has 2 saturated heterocycles. The smallest absolute Gasteiger partial charge is 0.377 e. The van der Waals surface area contributed by atoms with Crippen LogP contribution in [0.5, 0.6) is 0 Å². The van der Waals surface area contributed by atoms with Crippen molar-refractivity contribution in [2.24, 2.45) is 71.0 Å². The zero-order valence-corrected chi connectivity index (χ0v) is 47.3. The molecule has 0 radical (unpaired) electrons. The van der Waals surface area contributed by atoms with E-state index < -0.39 is 159 Å². The molecule has 86 heavy (non-hydrogen) atoms. The van der Waals surface area contributed by atoms with Crippen molar-refractivity contribution in [3.8, 4) is 0 Å². The summed E-state index contributed by atoms with van der Waals surface area (Å²) in [5, 5.41) is 0. The molecule has 24 nitrogen and oxygen atoms in total. The second kappa shape index (κ2) is 23.5. The van der Waals surface area contributed by atoms with Crippen LogP contribution in [0.3, 0.4) is 0 Å². The summed E-state index contributed by atoms with van der Waals surface area (Å²) in [6.45, 7) is -3.01. The van der Waals surface area contributed by atoms with Gasteiger partial charge in [-0.05, 0) is 138 Å². The maximum Gasteiger partial charge on any atom is 0.377 e. The summed E-state index contributed by atoms with van der Waals surface area (Å²) < 4.78 is 115. The molecule has 14 aliphatic rings. The number of hydrogen-bond acceptors (Lipinski definition) is 24. The van der Waals surface area contributed by atoms with Crippen molar-refractivity contribution in [2.45, 2.75) is 189 Å². The van der Waals surface area contributed by atoms with Gasteiger partial charge in [0.15, 0.2) is 26.4 Å². The van der Waals surface area contributed by atoms with Gasteiger partial charge in [0.25, 0.3) is 0 Å². The molecule has 2 heterocycles. The van der Waals surface area contributed by atoms with E-state index in [9.17, 15) is 75.1 Å². The highest BCUT2D eigenvalue weighted by atomic mass is 19.3. The Morgan fingerprint density at radius 3 is 1.10 bits per heavy atom. The van der Waals surface area contributed by atoms with E-state index in [1.165, 1.54) is 0 Å². The predicted molar refractivity (Wildman–Crippen MR) is 267 cm³/mol. The predicted octanol–water partition coefficient (Wildman–Crippen LogP) is 4.07. The quantitative estimate of drug-likeness (QED) is 0.0838. The van der Waals surface area contributed by atoms with Gasteiger partial charge in [-0.1, -0.05) is 0 Å². The molecule has 12 aliphatic carbocycles. The molecule has 12 unspecified atom stereocenters. The summed E-state index contributed by atoms with van der Waals surface area (Å²) in [6, 6.07) is 0. The highest BCUT2D eigenvalue weighted by molar-refractivity contribution is 5.89. The summed E-state index contributed by atoms with van der Waals surface area (Å²) in [5.74, 6) is -19.3. The molecule has 12 bridgehead atoms. The van der Waals surface area contributed by atoms with Gasteiger partial charge in [0.05, 0.1) is 24.7 Å². The molecular formula is C58H68F4O24. The highest BCUT2D eigenvalue weighted by Gasteiger charge is 2.65. The molecule has 472 valence electrons. The molecule has 14 fully saturated rings. The van der Waals surface area contributed by atoms with Crippen LogP contribution in [0.25, 0.3) is 0 Å². The molecule has 2 aliphatic heterocycles. The standard InChI is InChI=1S/C31H40F2O10.C27H28F2O14/c1-29(32,33)28(38)41-23(27(37)40-16-26(36)43-31-12-20-5-21(13-31)7-22(6-20)14-31)8-24(34)39-15-25(35)42-30-9-17-2-18(10-30)4-19(3-17)11-30;1-27(28,29)26(36)39-15(25(35)38-8-18(32)41-20-10-3-12-14(5-10)24(34)43-22(12)20)6-16(30)37-7-17(31)40-19-9-2-11-13(4-9)23(33)42-21(11)19/h17-23H,2-16H2,1H3;9-15,19-22H,2-8H2,1H3. The number of alkyl halides is 4. The van der Waals surface area contributed by atoms with Crippen LogP contribution in [0.1, 0.15) is 129 Å². The van der Waals surface area contributed by atoms with E-state index in [0.29, 0.717) is 61.2 Å². The minimum atomic E-state index is -4.03. The van der Waals surface area contributed by atoms with Crippen LogP contribution in [-0.4, -0.2) is 158 Å². The van der Waals surface area contributed by atoms with Crippen molar-refractivity contribution < 1.29 is 132 Å². The number of esters is 12. The maximum atomic E-state index is 13.5. The molecule has 0 amide bonds. The topological polar surface area (TPSA) is 316 Å². The first-order valence-electron chi connectivity index (χ1n) is 29.6. The monoisotopic (exact) mass is 1220 g/mol. The summed E-state index contributed by atoms with van der Waals surface area (Å²) >= 11 is 0. The van der Waals surface area contributed by atoms with Crippen LogP contribution in [0.4, 0.5) is 17.6 Å². The zero-order chi connectivity index (χ0) is 61.4. The lowest BCUT2D eigenvalue weighted by Crippen LogP contribution is -2.53. The van der Waals surface area contributed by atoms with E-state index in [2.05, 4.69) is 9.47 Å². The largest absolute Gasteiger partial charge is 0.458 e. The normalized spacial score (nSPS) is 37.0. The van der Waals surface area contributed by atoms with Gasteiger partial charge in [-0.15, -0.1) is 0 Å². The fourth-order valence-electron chi connectivity index (χ4n) is 17.3. The summed E-state index contributed by atoms with van der Waals surface area (Å²) in [6.07, 6.45) is 4.85. The number of ether oxygens (including phenoxy) is 12. The molecule has 0 aromatic heterocycles. The first-order valence-corrected chi connectivity index (χ1v) is 29.6. The number of rotatable bonds is 22. The van der Waals surface area contributed by atoms with Crippen molar-refractivity contribution in [2.75, 3.05) is 26.4 Å². The Hall–Kier alpha value is -6.64. The second-order valence-corrected chi connectivity index (χ2v) is 26.4. The van der Waals surface area contributed by atoms with Gasteiger partial charge >= 0.3 is 83.5 Å². The van der Waals surface area contributed by atoms with Crippen molar-refractivity contribution >= 4 is 71.6 Å². The van der Waals surface area contributed by atoms with E-state index in [1.807, 2.05) is 0 Å². The average molecular weight is 1230 g/mol. The maximum absolute atomic E-state index is 13.5. The molecule has 0 aromatic rings. The molecule has 12 atom stereocenters. The van der Waals surface area contributed by atoms with Crippen molar-refractivity contribution in [3.63, 3.8) is 0 Å². The van der Waals surface area contributed by atoms with Crippen LogP contribution in [0.2, 0.25) is 0 Å². The zero-order valence-electron chi connectivity index (χ0n) is 47.3. The number of fused-ring (bicyclic) bond motifs is 2. The lowest BCUT2D eigenvalue weighted by molar-refractivity contribution is -0.197. The fourth-order valence-corrected chi connectivity index (χ4v) is 17.3. The number of halogens is 4. The Labute approximate surface area is 488 Å². The number of hydrogen-bond donors (Lipinski definition) is 0. The molecule has 12 saturated carbocycles. The van der Waals surface area contributed by atoms with Crippen LogP contribution < -0.4 is 0 Å². The Bertz CT molecular complexity index is 2720. The Balaban J connectivity index is 0.000000179. The molecule has 0 N–H and O–H groups in total. The SMILES string of the molecule is CC(F)(F)C(=O)OC(CC(=O)OCC(=O)OC12CC3CC(CC(C3)C1)C2)C(=O)OCC(=O)OC12CC3CC(CC(C3)C1)C2.CC(F)(F)C(=O)OC(CC(=O)OCC(=O)OC1C2CC3C(=O)OC1C3C2)C(=O)OCC(=O)OC1C2CC3C(=O)OC1C3C2. The van der Waals surface area contributed by atoms with Gasteiger partial charge in [0.2, 0.25) is 12.2 Å². The minimum absolute atomic E-state index is 0.0332. The summed E-state index contributed by atoms with van der Waals surface area (Å²) in [7, 11) is 0. The third kappa shape index (κ3) is 13.1. The molecular weight excluding hydrogens is 1160 g/mol. The van der Waals surface area contributed by atoms with Gasteiger partial charge in [0, 0.05) is 37.5 Å². The van der Waals surface area contributed by atoms with Crippen LogP contribution in [-0.2, 0) is 114 Å². The third-order valence-corrected chi connectivity index (χ3v) is 19.8. The first-order chi connectivity index (χ1) is 40.6. The van der Waals surface area contributed by atoms with E-state index >= 15 is 0 Å². The van der Waals surface area contributed by atoms with Crippen LogP contribution in [0.15, 0.2) is 0 Å². The van der Waals surface area contributed by atoms with Crippen LogP contribution >= 0.6 is 0 Å². The van der Waals surface area contributed by atoms with E-state index in [-0.39, 0.29) is 61.3 Å². The van der Waals surface area contributed by atoms with Gasteiger partial charge in [-0.3, -0.25) is 19.2 Å². The first kappa shape index (κ1) is 61.0.